The lowest BCUT2D eigenvalue weighted by atomic mass is 10.1. The zero-order valence-corrected chi connectivity index (χ0v) is 18.3. The first-order valence-electron chi connectivity index (χ1n) is 10.6. The van der Waals surface area contributed by atoms with E-state index in [4.69, 9.17) is 0 Å². The molecule has 6 nitrogen and oxygen atoms in total. The first-order chi connectivity index (χ1) is 15.9. The third-order valence-corrected chi connectivity index (χ3v) is 5.06. The van der Waals surface area contributed by atoms with Crippen molar-refractivity contribution in [2.24, 2.45) is 0 Å². The van der Waals surface area contributed by atoms with Crippen LogP contribution >= 0.6 is 0 Å². The second kappa shape index (κ2) is 9.48. The average molecular weight is 442 g/mol. The Labute approximate surface area is 191 Å². The second-order valence-electron chi connectivity index (χ2n) is 7.58. The maximum Gasteiger partial charge on any atom is 0.259 e. The van der Waals surface area contributed by atoms with Crippen LogP contribution in [0.2, 0.25) is 0 Å². The highest BCUT2D eigenvalue weighted by molar-refractivity contribution is 6.08. The summed E-state index contributed by atoms with van der Waals surface area (Å²) in [4.78, 5) is 25.4. The number of halogens is 1. The molecule has 2 N–H and O–H groups in total. The largest absolute Gasteiger partial charge is 0.352 e. The third kappa shape index (κ3) is 4.98. The zero-order chi connectivity index (χ0) is 23.4. The van der Waals surface area contributed by atoms with E-state index in [2.05, 4.69) is 15.7 Å². The van der Waals surface area contributed by atoms with Gasteiger partial charge in [0.15, 0.2) is 0 Å². The molecule has 0 spiro atoms. The Bertz CT molecular complexity index is 1310. The quantitative estimate of drug-likeness (QED) is 0.442. The first kappa shape index (κ1) is 22.0. The molecule has 1 aromatic heterocycles. The molecule has 0 atom stereocenters. The minimum atomic E-state index is -0.368. The predicted octanol–water partition coefficient (Wildman–Crippen LogP) is 4.99. The molecule has 2 amide bonds. The van der Waals surface area contributed by atoms with Gasteiger partial charge in [-0.15, -0.1) is 0 Å². The normalized spacial score (nSPS) is 10.6. The molecule has 4 rings (SSSR count). The van der Waals surface area contributed by atoms with E-state index in [0.717, 1.165) is 11.1 Å². The zero-order valence-electron chi connectivity index (χ0n) is 18.3. The van der Waals surface area contributed by atoms with Crippen LogP contribution in [-0.2, 0) is 0 Å². The fourth-order valence-electron chi connectivity index (χ4n) is 3.47. The Morgan fingerprint density at radius 1 is 0.970 bits per heavy atom. The van der Waals surface area contributed by atoms with Gasteiger partial charge in [0.2, 0.25) is 0 Å². The van der Waals surface area contributed by atoms with Crippen molar-refractivity contribution in [3.8, 4) is 16.9 Å². The van der Waals surface area contributed by atoms with E-state index in [9.17, 15) is 14.0 Å². The molecular weight excluding hydrogens is 419 g/mol. The number of hydrogen-bond acceptors (Lipinski definition) is 3. The van der Waals surface area contributed by atoms with E-state index in [1.807, 2.05) is 38.1 Å². The maximum atomic E-state index is 13.4. The molecule has 1 heterocycles. The van der Waals surface area contributed by atoms with Gasteiger partial charge in [-0.05, 0) is 62.4 Å². The van der Waals surface area contributed by atoms with Crippen molar-refractivity contribution < 1.29 is 14.0 Å². The van der Waals surface area contributed by atoms with Gasteiger partial charge in [0, 0.05) is 29.6 Å². The van der Waals surface area contributed by atoms with Gasteiger partial charge in [-0.25, -0.2) is 9.07 Å². The topological polar surface area (TPSA) is 76.0 Å². The summed E-state index contributed by atoms with van der Waals surface area (Å²) < 4.78 is 14.9. The predicted molar refractivity (Wildman–Crippen MR) is 126 cm³/mol. The number of rotatable bonds is 6. The van der Waals surface area contributed by atoms with Gasteiger partial charge < -0.3 is 10.6 Å². The molecule has 0 aliphatic rings. The Hall–Kier alpha value is -4.26. The molecule has 0 fully saturated rings. The lowest BCUT2D eigenvalue weighted by Gasteiger charge is -2.08. The van der Waals surface area contributed by atoms with Gasteiger partial charge >= 0.3 is 0 Å². The average Bonchev–Trinajstić information content (AvgIpc) is 3.26. The van der Waals surface area contributed by atoms with E-state index in [-0.39, 0.29) is 17.6 Å². The molecule has 4 aromatic rings. The molecule has 0 radical (unpaired) electrons. The Morgan fingerprint density at radius 2 is 1.73 bits per heavy atom. The van der Waals surface area contributed by atoms with Crippen molar-refractivity contribution in [3.63, 3.8) is 0 Å². The summed E-state index contributed by atoms with van der Waals surface area (Å²) in [5.74, 6) is -0.930. The van der Waals surface area contributed by atoms with E-state index < -0.39 is 0 Å². The summed E-state index contributed by atoms with van der Waals surface area (Å²) in [7, 11) is 0. The lowest BCUT2D eigenvalue weighted by Crippen LogP contribution is -2.22. The molecule has 0 bridgehead atoms. The molecule has 3 aromatic carbocycles. The third-order valence-electron chi connectivity index (χ3n) is 5.06. The molecule has 0 aliphatic heterocycles. The summed E-state index contributed by atoms with van der Waals surface area (Å²) in [6.45, 7) is 4.32. The van der Waals surface area contributed by atoms with Crippen LogP contribution in [-0.4, -0.2) is 28.1 Å². The van der Waals surface area contributed by atoms with Crippen LogP contribution in [0.25, 0.3) is 16.9 Å². The van der Waals surface area contributed by atoms with Crippen LogP contribution in [0.5, 0.6) is 0 Å². The van der Waals surface area contributed by atoms with E-state index in [1.165, 1.54) is 12.1 Å². The number of amides is 2. The number of benzene rings is 3. The Morgan fingerprint density at radius 3 is 2.45 bits per heavy atom. The van der Waals surface area contributed by atoms with Crippen LogP contribution in [0.1, 0.15) is 33.2 Å². The van der Waals surface area contributed by atoms with Crippen molar-refractivity contribution in [1.29, 1.82) is 0 Å². The Kier molecular flexibility index (Phi) is 6.31. The van der Waals surface area contributed by atoms with Crippen LogP contribution in [0.15, 0.2) is 79.0 Å². The first-order valence-corrected chi connectivity index (χ1v) is 10.6. The minimum Gasteiger partial charge on any atom is -0.352 e. The molecule has 166 valence electrons. The minimum absolute atomic E-state index is 0.210. The molecule has 0 saturated heterocycles. The van der Waals surface area contributed by atoms with Crippen molar-refractivity contribution in [2.75, 3.05) is 11.9 Å². The van der Waals surface area contributed by atoms with Crippen molar-refractivity contribution in [3.05, 3.63) is 102 Å². The summed E-state index contributed by atoms with van der Waals surface area (Å²) in [5, 5.41) is 10.2. The molecule has 0 unspecified atom stereocenters. The van der Waals surface area contributed by atoms with Crippen LogP contribution in [0, 0.1) is 12.7 Å². The number of hydrogen-bond donors (Lipinski definition) is 2. The van der Waals surface area contributed by atoms with Crippen LogP contribution in [0.4, 0.5) is 10.1 Å². The van der Waals surface area contributed by atoms with Crippen molar-refractivity contribution in [2.45, 2.75) is 13.8 Å². The van der Waals surface area contributed by atoms with Crippen molar-refractivity contribution >= 4 is 17.5 Å². The Balaban J connectivity index is 1.71. The monoisotopic (exact) mass is 442 g/mol. The number of carbonyl (C=O) groups is 2. The summed E-state index contributed by atoms with van der Waals surface area (Å²) >= 11 is 0. The molecule has 0 saturated carbocycles. The summed E-state index contributed by atoms with van der Waals surface area (Å²) in [5.41, 5.74) is 4.25. The highest BCUT2D eigenvalue weighted by Gasteiger charge is 2.19. The highest BCUT2D eigenvalue weighted by Crippen LogP contribution is 2.26. The van der Waals surface area contributed by atoms with Gasteiger partial charge in [-0.1, -0.05) is 29.8 Å². The standard InChI is InChI=1S/C26H23FN4O2/c1-3-28-25(32)19-8-5-9-21(15-19)29-26(33)23-16-31(22-12-10-20(27)11-13-22)30-24(23)18-7-4-6-17(2)14-18/h4-16H,3H2,1-2H3,(H,28,32)(H,29,33). The van der Waals surface area contributed by atoms with Crippen LogP contribution in [0.3, 0.4) is 0 Å². The second-order valence-corrected chi connectivity index (χ2v) is 7.58. The number of aromatic nitrogens is 2. The van der Waals surface area contributed by atoms with Gasteiger partial charge in [-0.3, -0.25) is 9.59 Å². The number of anilines is 1. The van der Waals surface area contributed by atoms with Crippen molar-refractivity contribution in [1.82, 2.24) is 15.1 Å². The fraction of sp³-hybridized carbons (Fsp3) is 0.115. The number of carbonyl (C=O) groups excluding carboxylic acids is 2. The lowest BCUT2D eigenvalue weighted by molar-refractivity contribution is 0.0954. The maximum absolute atomic E-state index is 13.4. The molecule has 0 aliphatic carbocycles. The van der Waals surface area contributed by atoms with Crippen LogP contribution < -0.4 is 10.6 Å². The SMILES string of the molecule is CCNC(=O)c1cccc(NC(=O)c2cn(-c3ccc(F)cc3)nc2-c2cccc(C)c2)c1. The number of aryl methyl sites for hydroxylation is 1. The molecular formula is C26H23FN4O2. The highest BCUT2D eigenvalue weighted by atomic mass is 19.1. The summed E-state index contributed by atoms with van der Waals surface area (Å²) in [6.07, 6.45) is 1.62. The number of nitrogens with zero attached hydrogens (tertiary/aromatic N) is 2. The number of nitrogens with one attached hydrogen (secondary N) is 2. The molecule has 7 heteroatoms. The smallest absolute Gasteiger partial charge is 0.259 e. The van der Waals surface area contributed by atoms with Gasteiger partial charge in [0.1, 0.15) is 11.5 Å². The van der Waals surface area contributed by atoms with E-state index in [1.54, 1.807) is 47.3 Å². The van der Waals surface area contributed by atoms with E-state index >= 15 is 0 Å². The summed E-state index contributed by atoms with van der Waals surface area (Å²) in [6, 6.07) is 20.3. The van der Waals surface area contributed by atoms with Gasteiger partial charge in [0.25, 0.3) is 11.8 Å². The fourth-order valence-corrected chi connectivity index (χ4v) is 3.47. The molecule has 33 heavy (non-hydrogen) atoms. The van der Waals surface area contributed by atoms with Gasteiger partial charge in [-0.2, -0.15) is 5.10 Å². The van der Waals surface area contributed by atoms with E-state index in [0.29, 0.717) is 34.7 Å². The van der Waals surface area contributed by atoms with Gasteiger partial charge in [0.05, 0.1) is 11.3 Å².